The Morgan fingerprint density at radius 3 is 2.77 bits per heavy atom. The molecule has 0 bridgehead atoms. The van der Waals surface area contributed by atoms with Crippen molar-refractivity contribution in [3.05, 3.63) is 22.6 Å². The lowest BCUT2D eigenvalue weighted by Gasteiger charge is -2.07. The molecule has 0 saturated heterocycles. The van der Waals surface area contributed by atoms with Crippen LogP contribution >= 0.6 is 0 Å². The second kappa shape index (κ2) is 3.86. The third-order valence-corrected chi connectivity index (χ3v) is 1.68. The number of benzene rings is 1. The maximum Gasteiger partial charge on any atom is 0.144 e. The number of nitroso groups, excluding NO2 is 1. The molecule has 13 heavy (non-hydrogen) atoms. The van der Waals surface area contributed by atoms with Crippen LogP contribution in [0.1, 0.15) is 5.56 Å². The summed E-state index contributed by atoms with van der Waals surface area (Å²) < 4.78 is 4.89. The van der Waals surface area contributed by atoms with Crippen LogP contribution in [-0.4, -0.2) is 12.2 Å². The lowest BCUT2D eigenvalue weighted by Crippen LogP contribution is -1.95. The summed E-state index contributed by atoms with van der Waals surface area (Å²) in [4.78, 5) is 10.3. The Morgan fingerprint density at radius 2 is 2.31 bits per heavy atom. The molecule has 0 radical (unpaired) electrons. The van der Waals surface area contributed by atoms with Gasteiger partial charge in [0.15, 0.2) is 0 Å². The monoisotopic (exact) mass is 182 g/mol. The van der Waals surface area contributed by atoms with Crippen molar-refractivity contribution in [2.75, 3.05) is 12.8 Å². The molecule has 1 aromatic carbocycles. The zero-order valence-electron chi connectivity index (χ0n) is 7.15. The minimum atomic E-state index is -0.181. The maximum atomic E-state index is 10.3. The Morgan fingerprint density at radius 1 is 1.62 bits per heavy atom. The van der Waals surface area contributed by atoms with Crippen molar-refractivity contribution < 1.29 is 9.84 Å². The summed E-state index contributed by atoms with van der Waals surface area (Å²) in [6.45, 7) is -0.181. The molecule has 0 aliphatic heterocycles. The molecule has 70 valence electrons. The fraction of sp³-hybridized carbons (Fsp3) is 0.250. The standard InChI is InChI=1S/C8H10N2O3/c1-13-7-3-5(4-11)2-6(10-12)8(7)9/h2-3,11H,4,9H2,1H3. The van der Waals surface area contributed by atoms with Gasteiger partial charge in [0.2, 0.25) is 0 Å². The first-order valence-electron chi connectivity index (χ1n) is 3.63. The number of nitrogens with two attached hydrogens (primary N) is 1. The molecule has 0 saturated carbocycles. The number of rotatable bonds is 3. The van der Waals surface area contributed by atoms with Crippen LogP contribution in [0.2, 0.25) is 0 Å². The summed E-state index contributed by atoms with van der Waals surface area (Å²) in [5.41, 5.74) is 6.35. The maximum absolute atomic E-state index is 10.3. The molecule has 0 spiro atoms. The van der Waals surface area contributed by atoms with E-state index in [0.717, 1.165) is 0 Å². The average Bonchev–Trinajstić information content (AvgIpc) is 2.18. The third kappa shape index (κ3) is 1.75. The number of hydrogen-bond acceptors (Lipinski definition) is 5. The minimum Gasteiger partial charge on any atom is -0.495 e. The first-order valence-corrected chi connectivity index (χ1v) is 3.63. The van der Waals surface area contributed by atoms with Crippen LogP contribution in [0.4, 0.5) is 11.4 Å². The van der Waals surface area contributed by atoms with Gasteiger partial charge in [-0.05, 0) is 22.9 Å². The molecular formula is C8H10N2O3. The van der Waals surface area contributed by atoms with Crippen molar-refractivity contribution in [1.29, 1.82) is 0 Å². The number of nitrogen functional groups attached to an aromatic ring is 1. The second-order valence-corrected chi connectivity index (χ2v) is 2.48. The van der Waals surface area contributed by atoms with E-state index in [1.807, 2.05) is 0 Å². The highest BCUT2D eigenvalue weighted by atomic mass is 16.5. The van der Waals surface area contributed by atoms with E-state index in [0.29, 0.717) is 11.3 Å². The fourth-order valence-corrected chi connectivity index (χ4v) is 1.00. The normalized spacial score (nSPS) is 9.69. The van der Waals surface area contributed by atoms with Gasteiger partial charge in [0.1, 0.15) is 17.1 Å². The highest BCUT2D eigenvalue weighted by Crippen LogP contribution is 2.33. The third-order valence-electron chi connectivity index (χ3n) is 1.68. The summed E-state index contributed by atoms with van der Waals surface area (Å²) in [6, 6.07) is 2.98. The summed E-state index contributed by atoms with van der Waals surface area (Å²) in [6.07, 6.45) is 0. The summed E-state index contributed by atoms with van der Waals surface area (Å²) >= 11 is 0. The molecule has 5 heteroatoms. The highest BCUT2D eigenvalue weighted by molar-refractivity contribution is 5.71. The van der Waals surface area contributed by atoms with Crippen molar-refractivity contribution >= 4 is 11.4 Å². The van der Waals surface area contributed by atoms with Crippen molar-refractivity contribution in [3.63, 3.8) is 0 Å². The van der Waals surface area contributed by atoms with Crippen molar-refractivity contribution in [2.24, 2.45) is 5.18 Å². The molecule has 0 unspecified atom stereocenters. The Hall–Kier alpha value is -1.62. The largest absolute Gasteiger partial charge is 0.495 e. The minimum absolute atomic E-state index is 0.0865. The van der Waals surface area contributed by atoms with Gasteiger partial charge < -0.3 is 15.6 Å². The Balaban J connectivity index is 3.28. The molecule has 0 aliphatic rings. The molecule has 0 aromatic heterocycles. The van der Waals surface area contributed by atoms with Gasteiger partial charge in [-0.15, -0.1) is 4.91 Å². The van der Waals surface area contributed by atoms with E-state index in [-0.39, 0.29) is 18.0 Å². The zero-order valence-corrected chi connectivity index (χ0v) is 7.15. The van der Waals surface area contributed by atoms with E-state index in [1.54, 1.807) is 6.07 Å². The SMILES string of the molecule is COc1cc(CO)cc(N=O)c1N. The average molecular weight is 182 g/mol. The summed E-state index contributed by atoms with van der Waals surface area (Å²) in [5.74, 6) is 0.348. The molecular weight excluding hydrogens is 172 g/mol. The number of aliphatic hydroxyl groups is 1. The van der Waals surface area contributed by atoms with E-state index in [1.165, 1.54) is 13.2 Å². The van der Waals surface area contributed by atoms with Gasteiger partial charge >= 0.3 is 0 Å². The van der Waals surface area contributed by atoms with E-state index < -0.39 is 0 Å². The van der Waals surface area contributed by atoms with Gasteiger partial charge in [0.25, 0.3) is 0 Å². The van der Waals surface area contributed by atoms with Crippen LogP contribution in [-0.2, 0) is 6.61 Å². The number of hydrogen-bond donors (Lipinski definition) is 2. The number of nitrogens with zero attached hydrogens (tertiary/aromatic N) is 1. The van der Waals surface area contributed by atoms with Crippen molar-refractivity contribution in [2.45, 2.75) is 6.61 Å². The smallest absolute Gasteiger partial charge is 0.144 e. The molecule has 5 nitrogen and oxygen atoms in total. The quantitative estimate of drug-likeness (QED) is 0.542. The van der Waals surface area contributed by atoms with Gasteiger partial charge in [-0.1, -0.05) is 0 Å². The number of anilines is 1. The van der Waals surface area contributed by atoms with Crippen molar-refractivity contribution in [1.82, 2.24) is 0 Å². The molecule has 0 heterocycles. The van der Waals surface area contributed by atoms with Gasteiger partial charge in [0, 0.05) is 0 Å². The van der Waals surface area contributed by atoms with Crippen LogP contribution in [0.3, 0.4) is 0 Å². The zero-order chi connectivity index (χ0) is 9.84. The highest BCUT2D eigenvalue weighted by Gasteiger charge is 2.08. The molecule has 1 aromatic rings. The number of aliphatic hydroxyl groups excluding tert-OH is 1. The van der Waals surface area contributed by atoms with Gasteiger partial charge in [0.05, 0.1) is 13.7 Å². The van der Waals surface area contributed by atoms with E-state index in [9.17, 15) is 4.91 Å². The summed E-state index contributed by atoms with van der Waals surface area (Å²) in [5, 5.41) is 11.5. The lowest BCUT2D eigenvalue weighted by atomic mass is 10.1. The molecule has 1 rings (SSSR count). The van der Waals surface area contributed by atoms with Crippen LogP contribution < -0.4 is 10.5 Å². The van der Waals surface area contributed by atoms with Gasteiger partial charge in [-0.3, -0.25) is 0 Å². The Labute approximate surface area is 75.1 Å². The fourth-order valence-electron chi connectivity index (χ4n) is 1.00. The molecule has 0 atom stereocenters. The Kier molecular flexibility index (Phi) is 2.81. The summed E-state index contributed by atoms with van der Waals surface area (Å²) in [7, 11) is 1.43. The van der Waals surface area contributed by atoms with Crippen molar-refractivity contribution in [3.8, 4) is 5.75 Å². The molecule has 0 amide bonds. The molecule has 3 N–H and O–H groups in total. The van der Waals surface area contributed by atoms with E-state index in [4.69, 9.17) is 15.6 Å². The Bertz CT molecular complexity index is 325. The topological polar surface area (TPSA) is 84.9 Å². The molecule has 0 aliphatic carbocycles. The first-order chi connectivity index (χ1) is 6.22. The van der Waals surface area contributed by atoms with E-state index in [2.05, 4.69) is 5.18 Å². The number of ether oxygens (including phenoxy) is 1. The predicted octanol–water partition coefficient (Wildman–Crippen LogP) is 1.17. The number of methoxy groups -OCH3 is 1. The van der Waals surface area contributed by atoms with Gasteiger partial charge in [-0.25, -0.2) is 0 Å². The van der Waals surface area contributed by atoms with E-state index >= 15 is 0 Å². The van der Waals surface area contributed by atoms with Gasteiger partial charge in [-0.2, -0.15) is 0 Å². The van der Waals surface area contributed by atoms with Crippen LogP contribution in [0, 0.1) is 4.91 Å². The lowest BCUT2D eigenvalue weighted by molar-refractivity contribution is 0.281. The van der Waals surface area contributed by atoms with Crippen LogP contribution in [0.5, 0.6) is 5.75 Å². The van der Waals surface area contributed by atoms with Crippen LogP contribution in [0.15, 0.2) is 17.3 Å². The first kappa shape index (κ1) is 9.47. The second-order valence-electron chi connectivity index (χ2n) is 2.48. The van der Waals surface area contributed by atoms with Crippen LogP contribution in [0.25, 0.3) is 0 Å². The predicted molar refractivity (Wildman–Crippen MR) is 48.8 cm³/mol. The molecule has 0 fully saturated rings.